The molecule has 3 aromatic rings. The molecule has 0 saturated heterocycles. The molecule has 2 heterocycles. The van der Waals surface area contributed by atoms with Crippen LogP contribution in [-0.4, -0.2) is 22.6 Å². The number of nitrogens with zero attached hydrogens (tertiary/aromatic N) is 1. The maximum atomic E-state index is 12.4. The van der Waals surface area contributed by atoms with E-state index in [9.17, 15) is 4.79 Å². The summed E-state index contributed by atoms with van der Waals surface area (Å²) in [6.07, 6.45) is 2.65. The maximum Gasteiger partial charge on any atom is 0.258 e. The molecule has 126 valence electrons. The van der Waals surface area contributed by atoms with Crippen LogP contribution in [0.5, 0.6) is 5.75 Å². The van der Waals surface area contributed by atoms with Gasteiger partial charge in [0.25, 0.3) is 5.56 Å². The Morgan fingerprint density at radius 3 is 2.79 bits per heavy atom. The number of rotatable bonds is 5. The van der Waals surface area contributed by atoms with Gasteiger partial charge in [-0.15, -0.1) is 0 Å². The minimum Gasteiger partial charge on any atom is -0.492 e. The first-order valence-electron chi connectivity index (χ1n) is 8.25. The van der Waals surface area contributed by atoms with Crippen LogP contribution >= 0.6 is 0 Å². The Kier molecular flexibility index (Phi) is 4.53. The average Bonchev–Trinajstić information content (AvgIpc) is 2.52. The summed E-state index contributed by atoms with van der Waals surface area (Å²) in [7, 11) is 0. The number of aromatic nitrogens is 2. The molecule has 1 atom stereocenters. The summed E-state index contributed by atoms with van der Waals surface area (Å²) < 4.78 is 5.79. The molecule has 0 aliphatic heterocycles. The Hall–Kier alpha value is -2.40. The van der Waals surface area contributed by atoms with Crippen LogP contribution in [0.1, 0.15) is 26.0 Å². The van der Waals surface area contributed by atoms with E-state index >= 15 is 0 Å². The van der Waals surface area contributed by atoms with E-state index < -0.39 is 0 Å². The quantitative estimate of drug-likeness (QED) is 0.706. The van der Waals surface area contributed by atoms with Crippen LogP contribution < -0.4 is 16.0 Å². The normalized spacial score (nSPS) is 12.9. The summed E-state index contributed by atoms with van der Waals surface area (Å²) in [6, 6.07) is 7.62. The van der Waals surface area contributed by atoms with E-state index in [0.717, 1.165) is 28.4 Å². The Bertz CT molecular complexity index is 931. The van der Waals surface area contributed by atoms with Gasteiger partial charge in [0.15, 0.2) is 0 Å². The number of benzene rings is 1. The lowest BCUT2D eigenvalue weighted by atomic mass is 10.1. The molecule has 5 nitrogen and oxygen atoms in total. The second-order valence-electron chi connectivity index (χ2n) is 6.68. The van der Waals surface area contributed by atoms with Gasteiger partial charge in [0.2, 0.25) is 0 Å². The molecule has 0 bridgehead atoms. The lowest BCUT2D eigenvalue weighted by Gasteiger charge is -2.15. The van der Waals surface area contributed by atoms with Crippen LogP contribution in [0.25, 0.3) is 21.7 Å². The van der Waals surface area contributed by atoms with Gasteiger partial charge in [0, 0.05) is 23.7 Å². The summed E-state index contributed by atoms with van der Waals surface area (Å²) in [5, 5.41) is 2.52. The molecule has 0 amide bonds. The minimum absolute atomic E-state index is 0.00470. The molecular weight excluding hydrogens is 302 g/mol. The van der Waals surface area contributed by atoms with Gasteiger partial charge in [-0.1, -0.05) is 13.8 Å². The van der Waals surface area contributed by atoms with E-state index in [0.29, 0.717) is 23.7 Å². The van der Waals surface area contributed by atoms with Crippen molar-refractivity contribution in [3.8, 4) is 5.75 Å². The Balaban J connectivity index is 1.95. The van der Waals surface area contributed by atoms with Crippen LogP contribution in [-0.2, 0) is 0 Å². The zero-order chi connectivity index (χ0) is 17.3. The number of hydrogen-bond donors (Lipinski definition) is 2. The number of ether oxygens (including phenoxy) is 1. The Morgan fingerprint density at radius 1 is 1.25 bits per heavy atom. The highest BCUT2D eigenvalue weighted by Gasteiger charge is 2.10. The lowest BCUT2D eigenvalue weighted by molar-refractivity contribution is 0.271. The van der Waals surface area contributed by atoms with Crippen molar-refractivity contribution in [2.45, 2.75) is 33.2 Å². The van der Waals surface area contributed by atoms with Gasteiger partial charge in [-0.2, -0.15) is 0 Å². The smallest absolute Gasteiger partial charge is 0.258 e. The molecule has 0 spiro atoms. The number of fused-ring (bicyclic) bond motifs is 3. The third kappa shape index (κ3) is 3.26. The van der Waals surface area contributed by atoms with Crippen LogP contribution in [0.15, 0.2) is 35.3 Å². The van der Waals surface area contributed by atoms with E-state index in [2.05, 4.69) is 23.8 Å². The summed E-state index contributed by atoms with van der Waals surface area (Å²) in [6.45, 7) is 6.59. The summed E-state index contributed by atoms with van der Waals surface area (Å²) in [4.78, 5) is 19.5. The fraction of sp³-hybridized carbons (Fsp3) is 0.368. The Labute approximate surface area is 140 Å². The molecule has 5 heteroatoms. The number of pyridine rings is 2. The number of nitrogens with one attached hydrogen (secondary N) is 1. The van der Waals surface area contributed by atoms with Crippen LogP contribution in [0.2, 0.25) is 0 Å². The first-order valence-corrected chi connectivity index (χ1v) is 8.25. The minimum atomic E-state index is -0.128. The highest BCUT2D eigenvalue weighted by Crippen LogP contribution is 2.25. The largest absolute Gasteiger partial charge is 0.492 e. The molecule has 0 fully saturated rings. The first-order chi connectivity index (χ1) is 11.5. The van der Waals surface area contributed by atoms with Crippen molar-refractivity contribution in [2.24, 2.45) is 11.7 Å². The van der Waals surface area contributed by atoms with Gasteiger partial charge in [-0.25, -0.2) is 0 Å². The van der Waals surface area contributed by atoms with E-state index in [-0.39, 0.29) is 11.6 Å². The van der Waals surface area contributed by atoms with Crippen molar-refractivity contribution in [3.05, 3.63) is 46.5 Å². The second-order valence-corrected chi connectivity index (χ2v) is 6.68. The van der Waals surface area contributed by atoms with Gasteiger partial charge in [-0.05, 0) is 42.8 Å². The van der Waals surface area contributed by atoms with E-state index in [4.69, 9.17) is 10.5 Å². The topological polar surface area (TPSA) is 81.0 Å². The molecule has 0 aliphatic carbocycles. The number of hydrogen-bond acceptors (Lipinski definition) is 4. The molecular formula is C19H23N3O2. The van der Waals surface area contributed by atoms with Gasteiger partial charge < -0.3 is 15.5 Å². The average molecular weight is 325 g/mol. The number of aryl methyl sites for hydroxylation is 1. The van der Waals surface area contributed by atoms with Crippen molar-refractivity contribution in [2.75, 3.05) is 6.61 Å². The standard InChI is InChI=1S/C19H23N3O2/c1-11(2)8-13(20)10-24-14-4-5-15-16-6-7-21-12(3)18(16)19(23)22-17(15)9-14/h4-7,9,11,13H,8,10,20H2,1-3H3,(H,22,23). The number of aromatic amines is 1. The predicted octanol–water partition coefficient (Wildman–Crippen LogP) is 3.14. The lowest BCUT2D eigenvalue weighted by Crippen LogP contribution is -2.29. The summed E-state index contributed by atoms with van der Waals surface area (Å²) in [5.41, 5.74) is 7.42. The number of nitrogens with two attached hydrogens (primary N) is 1. The van der Waals surface area contributed by atoms with E-state index in [1.807, 2.05) is 31.2 Å². The highest BCUT2D eigenvalue weighted by atomic mass is 16.5. The molecule has 0 aliphatic rings. The van der Waals surface area contributed by atoms with Crippen molar-refractivity contribution < 1.29 is 4.74 Å². The van der Waals surface area contributed by atoms with E-state index in [1.54, 1.807) is 6.20 Å². The molecule has 0 saturated carbocycles. The molecule has 3 rings (SSSR count). The third-order valence-electron chi connectivity index (χ3n) is 4.14. The first kappa shape index (κ1) is 16.5. The molecule has 1 aromatic carbocycles. The van der Waals surface area contributed by atoms with Gasteiger partial charge in [-0.3, -0.25) is 9.78 Å². The van der Waals surface area contributed by atoms with Gasteiger partial charge >= 0.3 is 0 Å². The van der Waals surface area contributed by atoms with Crippen molar-refractivity contribution in [3.63, 3.8) is 0 Å². The maximum absolute atomic E-state index is 12.4. The SMILES string of the molecule is Cc1nccc2c1c(=O)[nH]c1cc(OCC(N)CC(C)C)ccc12. The van der Waals surface area contributed by atoms with Crippen molar-refractivity contribution in [1.82, 2.24) is 9.97 Å². The highest BCUT2D eigenvalue weighted by molar-refractivity contribution is 6.06. The Morgan fingerprint density at radius 2 is 2.04 bits per heavy atom. The van der Waals surface area contributed by atoms with Crippen LogP contribution in [0, 0.1) is 12.8 Å². The van der Waals surface area contributed by atoms with Crippen molar-refractivity contribution >= 4 is 21.7 Å². The fourth-order valence-corrected chi connectivity index (χ4v) is 3.09. The number of H-pyrrole nitrogens is 1. The molecule has 0 radical (unpaired) electrons. The zero-order valence-corrected chi connectivity index (χ0v) is 14.3. The van der Waals surface area contributed by atoms with Crippen molar-refractivity contribution in [1.29, 1.82) is 0 Å². The molecule has 2 aromatic heterocycles. The fourth-order valence-electron chi connectivity index (χ4n) is 3.09. The predicted molar refractivity (Wildman–Crippen MR) is 97.5 cm³/mol. The van der Waals surface area contributed by atoms with Gasteiger partial charge in [0.05, 0.1) is 16.6 Å². The monoisotopic (exact) mass is 325 g/mol. The van der Waals surface area contributed by atoms with Crippen LogP contribution in [0.4, 0.5) is 0 Å². The van der Waals surface area contributed by atoms with E-state index in [1.165, 1.54) is 0 Å². The summed E-state index contributed by atoms with van der Waals surface area (Å²) >= 11 is 0. The summed E-state index contributed by atoms with van der Waals surface area (Å²) in [5.74, 6) is 1.25. The molecule has 1 unspecified atom stereocenters. The second kappa shape index (κ2) is 6.61. The van der Waals surface area contributed by atoms with Gasteiger partial charge in [0.1, 0.15) is 12.4 Å². The van der Waals surface area contributed by atoms with Crippen LogP contribution in [0.3, 0.4) is 0 Å². The molecule has 24 heavy (non-hydrogen) atoms. The molecule has 3 N–H and O–H groups in total. The third-order valence-corrected chi connectivity index (χ3v) is 4.14. The zero-order valence-electron chi connectivity index (χ0n) is 14.3.